The van der Waals surface area contributed by atoms with Gasteiger partial charge in [-0.3, -0.25) is 4.79 Å². The molecule has 2 aromatic rings. The first-order valence-electron chi connectivity index (χ1n) is 7.57. The molecule has 1 atom stereocenters. The predicted octanol–water partition coefficient (Wildman–Crippen LogP) is 2.24. The van der Waals surface area contributed by atoms with Crippen molar-refractivity contribution in [3.8, 4) is 5.75 Å². The molecule has 5 nitrogen and oxygen atoms in total. The van der Waals surface area contributed by atoms with Gasteiger partial charge in [-0.15, -0.1) is 0 Å². The van der Waals surface area contributed by atoms with E-state index in [1.165, 1.54) is 0 Å². The van der Waals surface area contributed by atoms with E-state index in [1.807, 2.05) is 42.1 Å². The number of methoxy groups -OCH3 is 1. The Morgan fingerprint density at radius 3 is 2.86 bits per heavy atom. The third kappa shape index (κ3) is 3.13. The van der Waals surface area contributed by atoms with E-state index in [1.54, 1.807) is 13.3 Å². The number of rotatable bonds is 6. The number of aromatic nitrogens is 2. The quantitative estimate of drug-likeness (QED) is 0.890. The van der Waals surface area contributed by atoms with Crippen molar-refractivity contribution in [2.45, 2.75) is 25.3 Å². The normalized spacial score (nSPS) is 15.4. The lowest BCUT2D eigenvalue weighted by Crippen LogP contribution is -2.32. The Kier molecular flexibility index (Phi) is 4.13. The molecule has 0 saturated heterocycles. The van der Waals surface area contributed by atoms with Gasteiger partial charge in [-0.1, -0.05) is 18.2 Å². The molecule has 1 aliphatic rings. The zero-order valence-electron chi connectivity index (χ0n) is 13.0. The van der Waals surface area contributed by atoms with Gasteiger partial charge in [0.1, 0.15) is 11.6 Å². The standard InChI is InChI=1S/C17H21N3O2/c1-20-10-9-18-17(20)16(12-7-8-12)19-15(21)11-13-5-3-4-6-14(13)22-2/h3-6,9-10,12,16H,7-8,11H2,1-2H3,(H,19,21)/t16-/m0/s1. The number of benzene rings is 1. The highest BCUT2D eigenvalue weighted by Crippen LogP contribution is 2.40. The molecular weight excluding hydrogens is 278 g/mol. The predicted molar refractivity (Wildman–Crippen MR) is 83.5 cm³/mol. The van der Waals surface area contributed by atoms with E-state index in [0.717, 1.165) is 30.0 Å². The van der Waals surface area contributed by atoms with Crippen LogP contribution in [0.1, 0.15) is 30.3 Å². The first-order chi connectivity index (χ1) is 10.7. The Morgan fingerprint density at radius 2 is 2.23 bits per heavy atom. The minimum absolute atomic E-state index is 0.00204. The zero-order chi connectivity index (χ0) is 15.5. The molecule has 1 saturated carbocycles. The molecule has 1 aromatic heterocycles. The Hall–Kier alpha value is -2.30. The maximum atomic E-state index is 12.4. The highest BCUT2D eigenvalue weighted by atomic mass is 16.5. The molecule has 1 fully saturated rings. The molecule has 116 valence electrons. The lowest BCUT2D eigenvalue weighted by atomic mass is 10.1. The largest absolute Gasteiger partial charge is 0.496 e. The average molecular weight is 299 g/mol. The van der Waals surface area contributed by atoms with Gasteiger partial charge in [-0.25, -0.2) is 4.98 Å². The summed E-state index contributed by atoms with van der Waals surface area (Å²) in [5.74, 6) is 2.18. The van der Waals surface area contributed by atoms with E-state index in [-0.39, 0.29) is 11.9 Å². The van der Waals surface area contributed by atoms with Gasteiger partial charge in [-0.05, 0) is 24.8 Å². The maximum absolute atomic E-state index is 12.4. The fourth-order valence-electron chi connectivity index (χ4n) is 2.75. The van der Waals surface area contributed by atoms with Gasteiger partial charge < -0.3 is 14.6 Å². The van der Waals surface area contributed by atoms with Gasteiger partial charge >= 0.3 is 0 Å². The molecule has 0 aliphatic heterocycles. The summed E-state index contributed by atoms with van der Waals surface area (Å²) in [6, 6.07) is 7.62. The van der Waals surface area contributed by atoms with Gasteiger partial charge in [0.15, 0.2) is 0 Å². The van der Waals surface area contributed by atoms with Gasteiger partial charge in [-0.2, -0.15) is 0 Å². The minimum atomic E-state index is 0.00204. The third-order valence-electron chi connectivity index (χ3n) is 4.09. The van der Waals surface area contributed by atoms with Crippen molar-refractivity contribution < 1.29 is 9.53 Å². The second-order valence-corrected chi connectivity index (χ2v) is 5.77. The average Bonchev–Trinajstić information content (AvgIpc) is 3.27. The van der Waals surface area contributed by atoms with Crippen LogP contribution in [0.3, 0.4) is 0 Å². The van der Waals surface area contributed by atoms with Crippen molar-refractivity contribution >= 4 is 5.91 Å². The van der Waals surface area contributed by atoms with Crippen molar-refractivity contribution in [2.75, 3.05) is 7.11 Å². The number of amides is 1. The molecule has 1 amide bonds. The summed E-state index contributed by atoms with van der Waals surface area (Å²) in [6.45, 7) is 0. The van der Waals surface area contributed by atoms with Crippen LogP contribution in [0.5, 0.6) is 5.75 Å². The molecule has 5 heteroatoms. The second kappa shape index (κ2) is 6.22. The van der Waals surface area contributed by atoms with E-state index >= 15 is 0 Å². The van der Waals surface area contributed by atoms with Gasteiger partial charge in [0.2, 0.25) is 5.91 Å². The fourth-order valence-corrected chi connectivity index (χ4v) is 2.75. The summed E-state index contributed by atoms with van der Waals surface area (Å²) in [5.41, 5.74) is 0.900. The van der Waals surface area contributed by atoms with Gasteiger partial charge in [0.05, 0.1) is 19.6 Å². The molecule has 22 heavy (non-hydrogen) atoms. The molecule has 1 heterocycles. The molecule has 1 aliphatic carbocycles. The van der Waals surface area contributed by atoms with E-state index in [4.69, 9.17) is 4.74 Å². The molecule has 0 spiro atoms. The highest BCUT2D eigenvalue weighted by molar-refractivity contribution is 5.79. The first-order valence-corrected chi connectivity index (χ1v) is 7.57. The number of carbonyl (C=O) groups excluding carboxylic acids is 1. The molecule has 1 N–H and O–H groups in total. The van der Waals surface area contributed by atoms with Crippen molar-refractivity contribution in [1.82, 2.24) is 14.9 Å². The highest BCUT2D eigenvalue weighted by Gasteiger charge is 2.35. The van der Waals surface area contributed by atoms with Crippen LogP contribution >= 0.6 is 0 Å². The van der Waals surface area contributed by atoms with Gasteiger partial charge in [0.25, 0.3) is 0 Å². The van der Waals surface area contributed by atoms with Crippen molar-refractivity contribution in [3.05, 3.63) is 48.0 Å². The van der Waals surface area contributed by atoms with E-state index in [9.17, 15) is 4.79 Å². The number of ether oxygens (including phenoxy) is 1. The number of carbonyl (C=O) groups is 1. The second-order valence-electron chi connectivity index (χ2n) is 5.77. The maximum Gasteiger partial charge on any atom is 0.225 e. The van der Waals surface area contributed by atoms with E-state index in [0.29, 0.717) is 12.3 Å². The van der Waals surface area contributed by atoms with Crippen LogP contribution in [-0.4, -0.2) is 22.6 Å². The van der Waals surface area contributed by atoms with Crippen molar-refractivity contribution in [1.29, 1.82) is 0 Å². The molecular formula is C17H21N3O2. The monoisotopic (exact) mass is 299 g/mol. The van der Waals surface area contributed by atoms with Crippen LogP contribution in [-0.2, 0) is 18.3 Å². The number of nitrogens with one attached hydrogen (secondary N) is 1. The topological polar surface area (TPSA) is 56.1 Å². The minimum Gasteiger partial charge on any atom is -0.496 e. The van der Waals surface area contributed by atoms with E-state index < -0.39 is 0 Å². The smallest absolute Gasteiger partial charge is 0.225 e. The Morgan fingerprint density at radius 1 is 1.45 bits per heavy atom. The SMILES string of the molecule is COc1ccccc1CC(=O)N[C@H](c1nccn1C)C1CC1. The molecule has 0 bridgehead atoms. The van der Waals surface area contributed by atoms with Crippen LogP contribution in [0.2, 0.25) is 0 Å². The summed E-state index contributed by atoms with van der Waals surface area (Å²) in [7, 11) is 3.59. The van der Waals surface area contributed by atoms with Crippen molar-refractivity contribution in [3.63, 3.8) is 0 Å². The lowest BCUT2D eigenvalue weighted by Gasteiger charge is -2.18. The van der Waals surface area contributed by atoms with Gasteiger partial charge in [0, 0.05) is 25.0 Å². The molecule has 0 radical (unpaired) electrons. The van der Waals surface area contributed by atoms with Crippen LogP contribution in [0, 0.1) is 5.92 Å². The summed E-state index contributed by atoms with van der Waals surface area (Å²) in [6.07, 6.45) is 6.30. The lowest BCUT2D eigenvalue weighted by molar-refractivity contribution is -0.121. The first kappa shape index (κ1) is 14.6. The summed E-state index contributed by atoms with van der Waals surface area (Å²) >= 11 is 0. The Labute approximate surface area is 130 Å². The Balaban J connectivity index is 1.71. The number of hydrogen-bond donors (Lipinski definition) is 1. The van der Waals surface area contributed by atoms with Crippen LogP contribution in [0.4, 0.5) is 0 Å². The summed E-state index contributed by atoms with van der Waals surface area (Å²) in [4.78, 5) is 16.8. The number of imidazole rings is 1. The number of nitrogens with zero attached hydrogens (tertiary/aromatic N) is 2. The molecule has 0 unspecified atom stereocenters. The van der Waals surface area contributed by atoms with Crippen molar-refractivity contribution in [2.24, 2.45) is 13.0 Å². The zero-order valence-corrected chi connectivity index (χ0v) is 13.0. The number of aryl methyl sites for hydroxylation is 1. The number of hydrogen-bond acceptors (Lipinski definition) is 3. The summed E-state index contributed by atoms with van der Waals surface area (Å²) in [5, 5.41) is 3.14. The van der Waals surface area contributed by atoms with Crippen LogP contribution in [0.15, 0.2) is 36.7 Å². The molecule has 3 rings (SSSR count). The number of para-hydroxylation sites is 1. The van der Waals surface area contributed by atoms with Crippen LogP contribution in [0.25, 0.3) is 0 Å². The summed E-state index contributed by atoms with van der Waals surface area (Å²) < 4.78 is 7.28. The molecule has 1 aromatic carbocycles. The third-order valence-corrected chi connectivity index (χ3v) is 4.09. The fraction of sp³-hybridized carbons (Fsp3) is 0.412. The Bertz CT molecular complexity index is 661. The van der Waals surface area contributed by atoms with E-state index in [2.05, 4.69) is 10.3 Å². The van der Waals surface area contributed by atoms with Crippen LogP contribution < -0.4 is 10.1 Å².